The highest BCUT2D eigenvalue weighted by Gasteiger charge is 2.26. The van der Waals surface area contributed by atoms with E-state index in [9.17, 15) is 9.59 Å². The van der Waals surface area contributed by atoms with Gasteiger partial charge in [-0.1, -0.05) is 0 Å². The van der Waals surface area contributed by atoms with Gasteiger partial charge in [0.25, 0.3) is 0 Å². The van der Waals surface area contributed by atoms with Crippen molar-refractivity contribution in [1.82, 2.24) is 15.2 Å². The van der Waals surface area contributed by atoms with Crippen molar-refractivity contribution >= 4 is 12.0 Å². The molecule has 0 radical (unpaired) electrons. The molecule has 1 aromatic carbocycles. The number of carboxylic acid groups (broad SMARTS) is 1. The zero-order chi connectivity index (χ0) is 20.6. The lowest BCUT2D eigenvalue weighted by molar-refractivity contribution is -0.143. The number of benzene rings is 1. The Bertz CT molecular complexity index is 832. The molecular weight excluding hydrogens is 374 g/mol. The molecule has 0 saturated carbocycles. The second-order valence-corrected chi connectivity index (χ2v) is 6.77. The van der Waals surface area contributed by atoms with Crippen molar-refractivity contribution in [2.24, 2.45) is 5.92 Å². The lowest BCUT2D eigenvalue weighted by Gasteiger charge is -2.30. The number of aliphatic carboxylic acids is 1. The van der Waals surface area contributed by atoms with E-state index in [1.165, 1.54) is 0 Å². The van der Waals surface area contributed by atoms with Gasteiger partial charge in [-0.25, -0.2) is 9.78 Å². The summed E-state index contributed by atoms with van der Waals surface area (Å²) < 4.78 is 11.2. The summed E-state index contributed by atoms with van der Waals surface area (Å²) in [6.45, 7) is 3.76. The van der Waals surface area contributed by atoms with Crippen LogP contribution in [0.3, 0.4) is 0 Å². The van der Waals surface area contributed by atoms with Gasteiger partial charge in [0.15, 0.2) is 0 Å². The van der Waals surface area contributed by atoms with Gasteiger partial charge in [0.2, 0.25) is 5.88 Å². The molecule has 1 aromatic heterocycles. The maximum absolute atomic E-state index is 12.3. The van der Waals surface area contributed by atoms with E-state index in [0.717, 1.165) is 11.3 Å². The highest BCUT2D eigenvalue weighted by molar-refractivity contribution is 5.75. The van der Waals surface area contributed by atoms with Gasteiger partial charge in [-0.3, -0.25) is 4.79 Å². The number of likely N-dealkylation sites (tertiary alicyclic amines) is 1. The van der Waals surface area contributed by atoms with Crippen molar-refractivity contribution in [3.63, 3.8) is 0 Å². The van der Waals surface area contributed by atoms with Gasteiger partial charge in [-0.15, -0.1) is 0 Å². The molecule has 0 aliphatic carbocycles. The minimum Gasteiger partial charge on any atom is -0.494 e. The Kier molecular flexibility index (Phi) is 6.89. The van der Waals surface area contributed by atoms with Gasteiger partial charge in [0, 0.05) is 31.9 Å². The molecule has 1 saturated heterocycles. The maximum atomic E-state index is 12.3. The first-order chi connectivity index (χ1) is 14.0. The Morgan fingerprint density at radius 1 is 1.17 bits per heavy atom. The Balaban J connectivity index is 1.50. The Hall–Kier alpha value is -3.29. The molecule has 29 heavy (non-hydrogen) atoms. The highest BCUT2D eigenvalue weighted by atomic mass is 16.5. The second-order valence-electron chi connectivity index (χ2n) is 6.77. The van der Waals surface area contributed by atoms with Crippen LogP contribution in [0.5, 0.6) is 17.4 Å². The molecule has 2 aromatic rings. The van der Waals surface area contributed by atoms with Crippen LogP contribution in [0.1, 0.15) is 25.3 Å². The van der Waals surface area contributed by atoms with E-state index in [4.69, 9.17) is 14.6 Å². The van der Waals surface area contributed by atoms with Gasteiger partial charge >= 0.3 is 12.0 Å². The monoisotopic (exact) mass is 399 g/mol. The van der Waals surface area contributed by atoms with Crippen molar-refractivity contribution < 1.29 is 24.2 Å². The Morgan fingerprint density at radius 3 is 2.52 bits per heavy atom. The smallest absolute Gasteiger partial charge is 0.317 e. The van der Waals surface area contributed by atoms with Crippen LogP contribution in [0, 0.1) is 5.92 Å². The number of piperidine rings is 1. The van der Waals surface area contributed by atoms with E-state index in [1.807, 2.05) is 37.3 Å². The third-order valence-corrected chi connectivity index (χ3v) is 4.73. The fourth-order valence-electron chi connectivity index (χ4n) is 3.13. The first-order valence-corrected chi connectivity index (χ1v) is 9.66. The van der Waals surface area contributed by atoms with Gasteiger partial charge < -0.3 is 24.8 Å². The van der Waals surface area contributed by atoms with Crippen molar-refractivity contribution in [3.05, 3.63) is 48.2 Å². The highest BCUT2D eigenvalue weighted by Crippen LogP contribution is 2.23. The van der Waals surface area contributed by atoms with Gasteiger partial charge in [-0.05, 0) is 55.7 Å². The van der Waals surface area contributed by atoms with E-state index < -0.39 is 5.97 Å². The lowest BCUT2D eigenvalue weighted by Crippen LogP contribution is -2.45. The molecular formula is C21H25N3O5. The lowest BCUT2D eigenvalue weighted by atomic mass is 9.97. The minimum atomic E-state index is -0.790. The quantitative estimate of drug-likeness (QED) is 0.741. The molecule has 1 aliphatic heterocycles. The van der Waals surface area contributed by atoms with Crippen molar-refractivity contribution in [2.75, 3.05) is 19.7 Å². The third-order valence-electron chi connectivity index (χ3n) is 4.73. The van der Waals surface area contributed by atoms with Crippen LogP contribution >= 0.6 is 0 Å². The average Bonchev–Trinajstić information content (AvgIpc) is 2.74. The number of nitrogens with zero attached hydrogens (tertiary/aromatic N) is 2. The number of pyridine rings is 1. The SMILES string of the molecule is CCOc1ccc(Oc2cc(CNC(=O)N3CCC(C(=O)O)CC3)ccn2)cc1. The molecule has 2 amide bonds. The van der Waals surface area contributed by atoms with Crippen LogP contribution < -0.4 is 14.8 Å². The van der Waals surface area contributed by atoms with E-state index in [1.54, 1.807) is 17.2 Å². The van der Waals surface area contributed by atoms with Crippen molar-refractivity contribution in [1.29, 1.82) is 0 Å². The summed E-state index contributed by atoms with van der Waals surface area (Å²) in [6.07, 6.45) is 2.60. The molecule has 0 unspecified atom stereocenters. The molecule has 8 heteroatoms. The summed E-state index contributed by atoms with van der Waals surface area (Å²) in [5.74, 6) is 0.701. The average molecular weight is 399 g/mol. The fraction of sp³-hybridized carbons (Fsp3) is 0.381. The number of nitrogens with one attached hydrogen (secondary N) is 1. The first kappa shape index (κ1) is 20.4. The number of aromatic nitrogens is 1. The molecule has 0 spiro atoms. The summed E-state index contributed by atoms with van der Waals surface area (Å²) in [5.41, 5.74) is 0.856. The number of amides is 2. The number of urea groups is 1. The second kappa shape index (κ2) is 9.77. The van der Waals surface area contributed by atoms with E-state index in [0.29, 0.717) is 50.7 Å². The van der Waals surface area contributed by atoms with Crippen molar-refractivity contribution in [3.8, 4) is 17.4 Å². The van der Waals surface area contributed by atoms with Crippen LogP contribution in [-0.2, 0) is 11.3 Å². The van der Waals surface area contributed by atoms with Crippen LogP contribution in [0.2, 0.25) is 0 Å². The van der Waals surface area contributed by atoms with E-state index in [2.05, 4.69) is 10.3 Å². The predicted octanol–water partition coefficient (Wildman–Crippen LogP) is 3.28. The van der Waals surface area contributed by atoms with Crippen LogP contribution in [0.25, 0.3) is 0 Å². The van der Waals surface area contributed by atoms with Crippen LogP contribution in [0.4, 0.5) is 4.79 Å². The zero-order valence-electron chi connectivity index (χ0n) is 16.3. The zero-order valence-corrected chi connectivity index (χ0v) is 16.3. The minimum absolute atomic E-state index is 0.195. The maximum Gasteiger partial charge on any atom is 0.317 e. The molecule has 1 fully saturated rings. The van der Waals surface area contributed by atoms with Crippen molar-refractivity contribution in [2.45, 2.75) is 26.3 Å². The third kappa shape index (κ3) is 5.84. The predicted molar refractivity (Wildman–Crippen MR) is 106 cm³/mol. The number of hydrogen-bond acceptors (Lipinski definition) is 5. The van der Waals surface area contributed by atoms with E-state index >= 15 is 0 Å². The molecule has 0 atom stereocenters. The summed E-state index contributed by atoms with van der Waals surface area (Å²) in [4.78, 5) is 29.2. The topological polar surface area (TPSA) is 101 Å². The Morgan fingerprint density at radius 2 is 1.86 bits per heavy atom. The summed E-state index contributed by atoms with van der Waals surface area (Å²) in [6, 6.07) is 10.7. The fourth-order valence-corrected chi connectivity index (χ4v) is 3.13. The number of carboxylic acids is 1. The summed E-state index contributed by atoms with van der Waals surface area (Å²) >= 11 is 0. The van der Waals surface area contributed by atoms with Gasteiger partial charge in [0.05, 0.1) is 12.5 Å². The van der Waals surface area contributed by atoms with E-state index in [-0.39, 0.29) is 11.9 Å². The van der Waals surface area contributed by atoms with Gasteiger partial charge in [-0.2, -0.15) is 0 Å². The van der Waals surface area contributed by atoms with Gasteiger partial charge in [0.1, 0.15) is 11.5 Å². The number of hydrogen-bond donors (Lipinski definition) is 2. The molecule has 154 valence electrons. The molecule has 2 heterocycles. The molecule has 1 aliphatic rings. The molecule has 3 rings (SSSR count). The van der Waals surface area contributed by atoms with Crippen LogP contribution in [-0.4, -0.2) is 46.7 Å². The molecule has 2 N–H and O–H groups in total. The molecule has 0 bridgehead atoms. The molecule has 8 nitrogen and oxygen atoms in total. The summed E-state index contributed by atoms with van der Waals surface area (Å²) in [7, 11) is 0. The summed E-state index contributed by atoms with van der Waals surface area (Å²) in [5, 5.41) is 11.9. The number of carbonyl (C=O) groups is 2. The standard InChI is InChI=1S/C21H25N3O5/c1-2-28-17-3-5-18(6-4-17)29-19-13-15(7-10-22-19)14-23-21(27)24-11-8-16(9-12-24)20(25)26/h3-7,10,13,16H,2,8-9,11-12,14H2,1H3,(H,23,27)(H,25,26). The normalized spacial score (nSPS) is 14.3. The number of rotatable bonds is 7. The first-order valence-electron chi connectivity index (χ1n) is 9.66. The van der Waals surface area contributed by atoms with Crippen LogP contribution in [0.15, 0.2) is 42.6 Å². The number of ether oxygens (including phenoxy) is 2. The largest absolute Gasteiger partial charge is 0.494 e. The number of carbonyl (C=O) groups excluding carboxylic acids is 1. The Labute approximate surface area is 169 Å².